The molecule has 0 spiro atoms. The van der Waals surface area contributed by atoms with Crippen LogP contribution >= 0.6 is 0 Å². The number of fused-ring (bicyclic) bond motifs is 1. The third-order valence-corrected chi connectivity index (χ3v) is 2.77. The van der Waals surface area contributed by atoms with Gasteiger partial charge in [0, 0.05) is 6.92 Å². The van der Waals surface area contributed by atoms with E-state index in [1.54, 1.807) is 32.0 Å². The van der Waals surface area contributed by atoms with E-state index < -0.39 is 11.6 Å². The first-order chi connectivity index (χ1) is 10.8. The van der Waals surface area contributed by atoms with Crippen LogP contribution in [-0.4, -0.2) is 18.2 Å². The molecule has 0 fully saturated rings. The second-order valence-electron chi connectivity index (χ2n) is 5.61. The SMILES string of the molecule is CC(=O)Oc1cccc2c(OC(C)C)c(OC(C)C)c(=O)oc12. The standard InChI is InChI=1S/C17H20O6/c1-9(2)20-15-12-7-6-8-13(22-11(5)18)14(12)23-17(19)16(15)21-10(3)4/h6-10H,1-5H3. The molecule has 0 atom stereocenters. The van der Waals surface area contributed by atoms with Crippen LogP contribution < -0.4 is 19.8 Å². The Labute approximate surface area is 134 Å². The van der Waals surface area contributed by atoms with E-state index in [1.165, 1.54) is 6.92 Å². The molecule has 0 amide bonds. The Kier molecular flexibility index (Phi) is 4.93. The molecular formula is C17H20O6. The maximum Gasteiger partial charge on any atom is 0.383 e. The maximum atomic E-state index is 12.3. The van der Waals surface area contributed by atoms with Gasteiger partial charge in [0.05, 0.1) is 17.6 Å². The topological polar surface area (TPSA) is 75.0 Å². The van der Waals surface area contributed by atoms with E-state index in [-0.39, 0.29) is 35.0 Å². The van der Waals surface area contributed by atoms with Gasteiger partial charge in [-0.2, -0.15) is 0 Å². The minimum atomic E-state index is -0.679. The average molecular weight is 320 g/mol. The summed E-state index contributed by atoms with van der Waals surface area (Å²) in [6.45, 7) is 8.57. The van der Waals surface area contributed by atoms with Crippen molar-refractivity contribution in [3.8, 4) is 17.2 Å². The fourth-order valence-corrected chi connectivity index (χ4v) is 2.08. The molecule has 1 heterocycles. The summed E-state index contributed by atoms with van der Waals surface area (Å²) >= 11 is 0. The highest BCUT2D eigenvalue weighted by atomic mass is 16.6. The summed E-state index contributed by atoms with van der Waals surface area (Å²) in [5.41, 5.74) is -0.527. The first kappa shape index (κ1) is 16.9. The van der Waals surface area contributed by atoms with Crippen LogP contribution in [0, 0.1) is 0 Å². The van der Waals surface area contributed by atoms with Gasteiger partial charge in [0.2, 0.25) is 5.75 Å². The highest BCUT2D eigenvalue weighted by Crippen LogP contribution is 2.37. The lowest BCUT2D eigenvalue weighted by Crippen LogP contribution is -2.17. The van der Waals surface area contributed by atoms with Crippen molar-refractivity contribution < 1.29 is 23.4 Å². The molecule has 6 nitrogen and oxygen atoms in total. The normalized spacial score (nSPS) is 11.1. The first-order valence-electron chi connectivity index (χ1n) is 7.41. The van der Waals surface area contributed by atoms with Gasteiger partial charge < -0.3 is 18.6 Å². The van der Waals surface area contributed by atoms with Crippen molar-refractivity contribution in [1.29, 1.82) is 0 Å². The zero-order chi connectivity index (χ0) is 17.1. The molecule has 0 saturated heterocycles. The Balaban J connectivity index is 2.75. The van der Waals surface area contributed by atoms with Crippen LogP contribution in [0.4, 0.5) is 0 Å². The lowest BCUT2D eigenvalue weighted by Gasteiger charge is -2.17. The fraction of sp³-hybridized carbons (Fsp3) is 0.412. The molecule has 0 radical (unpaired) electrons. The maximum absolute atomic E-state index is 12.3. The van der Waals surface area contributed by atoms with Crippen LogP contribution in [0.5, 0.6) is 17.2 Å². The van der Waals surface area contributed by atoms with Gasteiger partial charge in [0.1, 0.15) is 0 Å². The van der Waals surface area contributed by atoms with Crippen molar-refractivity contribution >= 4 is 16.9 Å². The molecule has 0 aliphatic rings. The summed E-state index contributed by atoms with van der Waals surface area (Å²) < 4.78 is 21.7. The van der Waals surface area contributed by atoms with Crippen molar-refractivity contribution in [2.24, 2.45) is 0 Å². The van der Waals surface area contributed by atoms with Crippen molar-refractivity contribution in [1.82, 2.24) is 0 Å². The van der Waals surface area contributed by atoms with Crippen LogP contribution in [0.15, 0.2) is 27.4 Å². The largest absolute Gasteiger partial charge is 0.486 e. The number of carbonyl (C=O) groups excluding carboxylic acids is 1. The van der Waals surface area contributed by atoms with Crippen LogP contribution in [0.25, 0.3) is 11.0 Å². The van der Waals surface area contributed by atoms with Crippen molar-refractivity contribution in [2.75, 3.05) is 0 Å². The van der Waals surface area contributed by atoms with E-state index in [9.17, 15) is 9.59 Å². The zero-order valence-electron chi connectivity index (χ0n) is 13.8. The fourth-order valence-electron chi connectivity index (χ4n) is 2.08. The van der Waals surface area contributed by atoms with E-state index in [0.717, 1.165) is 0 Å². The number of hydrogen-bond donors (Lipinski definition) is 0. The number of esters is 1. The third kappa shape index (κ3) is 3.83. The lowest BCUT2D eigenvalue weighted by atomic mass is 10.2. The summed E-state index contributed by atoms with van der Waals surface area (Å²) in [5.74, 6) is -0.0408. The van der Waals surface area contributed by atoms with Gasteiger partial charge in [0.15, 0.2) is 17.1 Å². The van der Waals surface area contributed by atoms with E-state index >= 15 is 0 Å². The molecule has 2 aromatic rings. The highest BCUT2D eigenvalue weighted by Gasteiger charge is 2.22. The van der Waals surface area contributed by atoms with E-state index in [4.69, 9.17) is 18.6 Å². The predicted octanol–water partition coefficient (Wildman–Crippen LogP) is 3.29. The first-order valence-corrected chi connectivity index (χ1v) is 7.41. The Bertz CT molecular complexity index is 772. The molecule has 0 aliphatic carbocycles. The number of carbonyl (C=O) groups is 1. The van der Waals surface area contributed by atoms with E-state index in [2.05, 4.69) is 0 Å². The second-order valence-corrected chi connectivity index (χ2v) is 5.61. The molecule has 0 saturated carbocycles. The quantitative estimate of drug-likeness (QED) is 0.478. The minimum absolute atomic E-state index is 0.0150. The zero-order valence-corrected chi connectivity index (χ0v) is 13.8. The number of para-hydroxylation sites is 1. The third-order valence-electron chi connectivity index (χ3n) is 2.77. The van der Waals surface area contributed by atoms with Gasteiger partial charge >= 0.3 is 11.6 Å². The van der Waals surface area contributed by atoms with Gasteiger partial charge in [-0.15, -0.1) is 0 Å². The second kappa shape index (κ2) is 6.73. The highest BCUT2D eigenvalue weighted by molar-refractivity contribution is 5.91. The van der Waals surface area contributed by atoms with Crippen LogP contribution in [-0.2, 0) is 4.79 Å². The van der Waals surface area contributed by atoms with E-state index in [0.29, 0.717) is 5.39 Å². The van der Waals surface area contributed by atoms with Crippen LogP contribution in [0.2, 0.25) is 0 Å². The van der Waals surface area contributed by atoms with Gasteiger partial charge in [0.25, 0.3) is 0 Å². The van der Waals surface area contributed by atoms with Gasteiger partial charge in [-0.1, -0.05) is 6.07 Å². The predicted molar refractivity (Wildman–Crippen MR) is 85.3 cm³/mol. The van der Waals surface area contributed by atoms with Gasteiger partial charge in [-0.25, -0.2) is 4.79 Å². The molecular weight excluding hydrogens is 300 g/mol. The van der Waals surface area contributed by atoms with Gasteiger partial charge in [-0.3, -0.25) is 4.79 Å². The number of rotatable bonds is 5. The summed E-state index contributed by atoms with van der Waals surface area (Å²) in [5, 5.41) is 0.507. The molecule has 23 heavy (non-hydrogen) atoms. The Morgan fingerprint density at radius 3 is 2.22 bits per heavy atom. The summed E-state index contributed by atoms with van der Waals surface area (Å²) in [4.78, 5) is 23.5. The van der Waals surface area contributed by atoms with Crippen LogP contribution in [0.3, 0.4) is 0 Å². The minimum Gasteiger partial charge on any atom is -0.486 e. The van der Waals surface area contributed by atoms with Crippen molar-refractivity contribution in [3.05, 3.63) is 28.6 Å². The number of ether oxygens (including phenoxy) is 3. The van der Waals surface area contributed by atoms with Crippen molar-refractivity contribution in [2.45, 2.75) is 46.8 Å². The molecule has 0 bridgehead atoms. The molecule has 1 aromatic heterocycles. The molecule has 2 rings (SSSR count). The summed E-state index contributed by atoms with van der Waals surface area (Å²) in [6.07, 6.45) is -0.395. The molecule has 0 aliphatic heterocycles. The van der Waals surface area contributed by atoms with E-state index in [1.807, 2.05) is 13.8 Å². The molecule has 0 unspecified atom stereocenters. The monoisotopic (exact) mass is 320 g/mol. The Morgan fingerprint density at radius 1 is 1.04 bits per heavy atom. The Morgan fingerprint density at radius 2 is 1.65 bits per heavy atom. The van der Waals surface area contributed by atoms with Gasteiger partial charge in [-0.05, 0) is 39.8 Å². The molecule has 0 N–H and O–H groups in total. The average Bonchev–Trinajstić information content (AvgIpc) is 2.42. The number of hydrogen-bond acceptors (Lipinski definition) is 6. The van der Waals surface area contributed by atoms with Crippen LogP contribution in [0.1, 0.15) is 34.6 Å². The molecule has 1 aromatic carbocycles. The Hall–Kier alpha value is -2.50. The summed E-state index contributed by atoms with van der Waals surface area (Å²) in [7, 11) is 0. The van der Waals surface area contributed by atoms with Crippen molar-refractivity contribution in [3.63, 3.8) is 0 Å². The summed E-state index contributed by atoms with van der Waals surface area (Å²) in [6, 6.07) is 4.96. The lowest BCUT2D eigenvalue weighted by molar-refractivity contribution is -0.131. The molecule has 6 heteroatoms. The molecule has 124 valence electrons. The smallest absolute Gasteiger partial charge is 0.383 e. The number of benzene rings is 1.